The summed E-state index contributed by atoms with van der Waals surface area (Å²) in [6.07, 6.45) is -0.289. The second-order valence-electron chi connectivity index (χ2n) is 5.14. The molecule has 1 aliphatic heterocycles. The number of nitro benzene ring substituents is 1. The molecule has 3 rings (SSSR count). The smallest absolute Gasteiger partial charge is 0.319 e. The third kappa shape index (κ3) is 3.72. The van der Waals surface area contributed by atoms with E-state index in [4.69, 9.17) is 9.47 Å². The van der Waals surface area contributed by atoms with E-state index in [2.05, 4.69) is 10.6 Å². The fourth-order valence-corrected chi connectivity index (χ4v) is 2.21. The number of carbonyl (C=O) groups excluding carboxylic acids is 1. The van der Waals surface area contributed by atoms with Crippen molar-refractivity contribution in [3.63, 3.8) is 0 Å². The predicted octanol–water partition coefficient (Wildman–Crippen LogP) is 2.56. The Morgan fingerprint density at radius 3 is 2.58 bits per heavy atom. The molecule has 0 aromatic heterocycles. The highest BCUT2D eigenvalue weighted by Gasteiger charge is 2.21. The zero-order chi connectivity index (χ0) is 16.9. The average Bonchev–Trinajstić information content (AvgIpc) is 2.60. The van der Waals surface area contributed by atoms with E-state index in [9.17, 15) is 14.9 Å². The number of urea groups is 1. The van der Waals surface area contributed by atoms with E-state index in [0.29, 0.717) is 23.8 Å². The van der Waals surface area contributed by atoms with Gasteiger partial charge in [-0.05, 0) is 24.3 Å². The Morgan fingerprint density at radius 2 is 1.88 bits per heavy atom. The summed E-state index contributed by atoms with van der Waals surface area (Å²) >= 11 is 0. The van der Waals surface area contributed by atoms with Gasteiger partial charge in [0.25, 0.3) is 5.69 Å². The normalized spacial score (nSPS) is 15.4. The van der Waals surface area contributed by atoms with Crippen molar-refractivity contribution >= 4 is 17.4 Å². The molecule has 1 unspecified atom stereocenters. The molecular weight excluding hydrogens is 314 g/mol. The molecule has 24 heavy (non-hydrogen) atoms. The van der Waals surface area contributed by atoms with E-state index >= 15 is 0 Å². The van der Waals surface area contributed by atoms with Gasteiger partial charge in [0.2, 0.25) is 0 Å². The summed E-state index contributed by atoms with van der Waals surface area (Å²) in [5.74, 6) is 1.33. The minimum absolute atomic E-state index is 0.0348. The summed E-state index contributed by atoms with van der Waals surface area (Å²) in [6, 6.07) is 12.5. The summed E-state index contributed by atoms with van der Waals surface area (Å²) in [6.45, 7) is 0.613. The molecule has 0 bridgehead atoms. The Hall–Kier alpha value is -3.29. The van der Waals surface area contributed by atoms with Crippen LogP contribution in [0.15, 0.2) is 48.5 Å². The Labute approximate surface area is 137 Å². The van der Waals surface area contributed by atoms with Gasteiger partial charge in [0.15, 0.2) is 17.6 Å². The van der Waals surface area contributed by atoms with E-state index in [1.807, 2.05) is 18.2 Å². The van der Waals surface area contributed by atoms with Crippen LogP contribution in [0.5, 0.6) is 11.5 Å². The maximum Gasteiger partial charge on any atom is 0.319 e. The van der Waals surface area contributed by atoms with Gasteiger partial charge >= 0.3 is 6.03 Å². The summed E-state index contributed by atoms with van der Waals surface area (Å²) in [5, 5.41) is 15.9. The SMILES string of the molecule is O=C(NCC1COc2ccccc2O1)Nc1ccc([N+](=O)[O-])cc1. The average molecular weight is 329 g/mol. The molecule has 124 valence electrons. The van der Waals surface area contributed by atoms with Crippen LogP contribution in [0.25, 0.3) is 0 Å². The monoisotopic (exact) mass is 329 g/mol. The van der Waals surface area contributed by atoms with E-state index in [-0.39, 0.29) is 18.3 Å². The number of benzene rings is 2. The van der Waals surface area contributed by atoms with Crippen LogP contribution < -0.4 is 20.1 Å². The summed E-state index contributed by atoms with van der Waals surface area (Å²) in [5.41, 5.74) is 0.427. The van der Waals surface area contributed by atoms with E-state index < -0.39 is 11.0 Å². The molecule has 0 spiro atoms. The molecule has 8 heteroatoms. The third-order valence-corrected chi connectivity index (χ3v) is 3.39. The highest BCUT2D eigenvalue weighted by atomic mass is 16.6. The number of rotatable bonds is 4. The molecule has 2 aromatic rings. The second-order valence-corrected chi connectivity index (χ2v) is 5.14. The molecule has 0 fully saturated rings. The Balaban J connectivity index is 1.48. The number of non-ortho nitro benzene ring substituents is 1. The molecule has 2 amide bonds. The number of nitro groups is 1. The van der Waals surface area contributed by atoms with Crippen LogP contribution in [0.3, 0.4) is 0 Å². The number of anilines is 1. The van der Waals surface area contributed by atoms with Crippen molar-refractivity contribution in [2.45, 2.75) is 6.10 Å². The van der Waals surface area contributed by atoms with Gasteiger partial charge in [-0.1, -0.05) is 12.1 Å². The first-order chi connectivity index (χ1) is 11.6. The van der Waals surface area contributed by atoms with Gasteiger partial charge < -0.3 is 20.1 Å². The first kappa shape index (κ1) is 15.6. The van der Waals surface area contributed by atoms with Crippen molar-refractivity contribution in [3.05, 3.63) is 58.6 Å². The van der Waals surface area contributed by atoms with Crippen molar-refractivity contribution < 1.29 is 19.2 Å². The van der Waals surface area contributed by atoms with E-state index in [1.54, 1.807) is 6.07 Å². The molecular formula is C16H15N3O5. The molecule has 1 atom stereocenters. The summed E-state index contributed by atoms with van der Waals surface area (Å²) in [4.78, 5) is 21.9. The van der Waals surface area contributed by atoms with E-state index in [1.165, 1.54) is 24.3 Å². The fraction of sp³-hybridized carbons (Fsp3) is 0.188. The fourth-order valence-electron chi connectivity index (χ4n) is 2.21. The van der Waals surface area contributed by atoms with Crippen LogP contribution in [0, 0.1) is 10.1 Å². The lowest BCUT2D eigenvalue weighted by Gasteiger charge is -2.26. The summed E-state index contributed by atoms with van der Waals surface area (Å²) < 4.78 is 11.3. The van der Waals surface area contributed by atoms with Crippen molar-refractivity contribution in [2.75, 3.05) is 18.5 Å². The number of amides is 2. The Morgan fingerprint density at radius 1 is 1.17 bits per heavy atom. The molecule has 8 nitrogen and oxygen atoms in total. The minimum Gasteiger partial charge on any atom is -0.486 e. The van der Waals surface area contributed by atoms with Gasteiger partial charge in [0, 0.05) is 17.8 Å². The predicted molar refractivity (Wildman–Crippen MR) is 86.5 cm³/mol. The second kappa shape index (κ2) is 6.86. The van der Waals surface area contributed by atoms with Gasteiger partial charge in [-0.2, -0.15) is 0 Å². The first-order valence-electron chi connectivity index (χ1n) is 7.29. The van der Waals surface area contributed by atoms with Crippen molar-refractivity contribution in [1.29, 1.82) is 0 Å². The Bertz CT molecular complexity index is 748. The lowest BCUT2D eigenvalue weighted by atomic mass is 10.2. The number of nitrogens with one attached hydrogen (secondary N) is 2. The highest BCUT2D eigenvalue weighted by molar-refractivity contribution is 5.89. The van der Waals surface area contributed by atoms with Gasteiger partial charge in [-0.25, -0.2) is 4.79 Å². The van der Waals surface area contributed by atoms with Gasteiger partial charge in [0.1, 0.15) is 6.61 Å². The third-order valence-electron chi connectivity index (χ3n) is 3.39. The van der Waals surface area contributed by atoms with Crippen LogP contribution in [0.2, 0.25) is 0 Å². The number of fused-ring (bicyclic) bond motifs is 1. The van der Waals surface area contributed by atoms with Crippen molar-refractivity contribution in [3.8, 4) is 11.5 Å². The number of hydrogen-bond acceptors (Lipinski definition) is 5. The standard InChI is InChI=1S/C16H15N3O5/c20-16(18-11-5-7-12(8-6-11)19(21)22)17-9-13-10-23-14-3-1-2-4-15(14)24-13/h1-8,13H,9-10H2,(H2,17,18,20). The largest absolute Gasteiger partial charge is 0.486 e. The van der Waals surface area contributed by atoms with Gasteiger partial charge in [-0.15, -0.1) is 0 Å². The maximum atomic E-state index is 11.9. The molecule has 2 aromatic carbocycles. The zero-order valence-corrected chi connectivity index (χ0v) is 12.6. The molecule has 1 heterocycles. The lowest BCUT2D eigenvalue weighted by molar-refractivity contribution is -0.384. The van der Waals surface area contributed by atoms with Crippen LogP contribution in [-0.2, 0) is 0 Å². The van der Waals surface area contributed by atoms with Crippen LogP contribution in [0.4, 0.5) is 16.2 Å². The number of carbonyl (C=O) groups is 1. The summed E-state index contributed by atoms with van der Waals surface area (Å²) in [7, 11) is 0. The van der Waals surface area contributed by atoms with Crippen LogP contribution in [-0.4, -0.2) is 30.2 Å². The van der Waals surface area contributed by atoms with Crippen molar-refractivity contribution in [2.24, 2.45) is 0 Å². The quantitative estimate of drug-likeness (QED) is 0.663. The van der Waals surface area contributed by atoms with Gasteiger partial charge in [-0.3, -0.25) is 10.1 Å². The Kier molecular flexibility index (Phi) is 4.46. The number of nitrogens with zero attached hydrogens (tertiary/aromatic N) is 1. The molecule has 0 saturated heterocycles. The minimum atomic E-state index is -0.498. The first-order valence-corrected chi connectivity index (χ1v) is 7.29. The number of para-hydroxylation sites is 2. The zero-order valence-electron chi connectivity index (χ0n) is 12.6. The number of ether oxygens (including phenoxy) is 2. The number of hydrogen-bond donors (Lipinski definition) is 2. The van der Waals surface area contributed by atoms with Crippen LogP contribution >= 0.6 is 0 Å². The molecule has 0 saturated carbocycles. The molecule has 2 N–H and O–H groups in total. The van der Waals surface area contributed by atoms with Crippen LogP contribution in [0.1, 0.15) is 0 Å². The maximum absolute atomic E-state index is 11.9. The molecule has 0 aliphatic carbocycles. The van der Waals surface area contributed by atoms with Crippen molar-refractivity contribution in [1.82, 2.24) is 5.32 Å². The molecule has 1 aliphatic rings. The molecule has 0 radical (unpaired) electrons. The van der Waals surface area contributed by atoms with Gasteiger partial charge in [0.05, 0.1) is 11.5 Å². The van der Waals surface area contributed by atoms with E-state index in [0.717, 1.165) is 0 Å². The highest BCUT2D eigenvalue weighted by Crippen LogP contribution is 2.30. The lowest BCUT2D eigenvalue weighted by Crippen LogP contribution is -2.42. The topological polar surface area (TPSA) is 103 Å².